The molecule has 3 N–H and O–H groups in total. The standard InChI is InChI=1S/C13H23N5O/c1-2-19-13-11(14)12(16-10-17-13)15-6-5-9-18-7-3-4-8-18/h10H,2-9,14H2,1H3,(H,15,16,17). The van der Waals surface area contributed by atoms with E-state index in [-0.39, 0.29) is 0 Å². The van der Waals surface area contributed by atoms with Crippen molar-refractivity contribution < 1.29 is 4.74 Å². The van der Waals surface area contributed by atoms with E-state index in [9.17, 15) is 0 Å². The third-order valence-corrected chi connectivity index (χ3v) is 3.27. The van der Waals surface area contributed by atoms with E-state index in [1.165, 1.54) is 32.3 Å². The fourth-order valence-corrected chi connectivity index (χ4v) is 2.29. The molecule has 1 aliphatic heterocycles. The second kappa shape index (κ2) is 7.13. The molecular formula is C13H23N5O. The van der Waals surface area contributed by atoms with Gasteiger partial charge in [0.1, 0.15) is 12.0 Å². The summed E-state index contributed by atoms with van der Waals surface area (Å²) in [4.78, 5) is 10.7. The first-order valence-corrected chi connectivity index (χ1v) is 7.00. The number of nitrogens with two attached hydrogens (primary N) is 1. The van der Waals surface area contributed by atoms with Crippen molar-refractivity contribution in [3.05, 3.63) is 6.33 Å². The van der Waals surface area contributed by atoms with Gasteiger partial charge in [0, 0.05) is 6.54 Å². The maximum Gasteiger partial charge on any atom is 0.242 e. The highest BCUT2D eigenvalue weighted by atomic mass is 16.5. The Morgan fingerprint density at radius 2 is 2.16 bits per heavy atom. The van der Waals surface area contributed by atoms with E-state index in [1.54, 1.807) is 0 Å². The zero-order chi connectivity index (χ0) is 13.5. The maximum atomic E-state index is 5.95. The van der Waals surface area contributed by atoms with Gasteiger partial charge in [0.15, 0.2) is 5.82 Å². The summed E-state index contributed by atoms with van der Waals surface area (Å²) < 4.78 is 5.34. The number of likely N-dealkylation sites (tertiary alicyclic amines) is 1. The molecule has 0 aromatic carbocycles. The molecule has 106 valence electrons. The van der Waals surface area contributed by atoms with Gasteiger partial charge in [0.25, 0.3) is 0 Å². The Bertz CT molecular complexity index is 393. The van der Waals surface area contributed by atoms with Gasteiger partial charge in [-0.2, -0.15) is 4.98 Å². The molecule has 2 heterocycles. The Hall–Kier alpha value is -1.56. The molecule has 1 fully saturated rings. The molecule has 0 atom stereocenters. The van der Waals surface area contributed by atoms with Crippen LogP contribution in [0.4, 0.5) is 11.5 Å². The molecule has 1 aliphatic rings. The van der Waals surface area contributed by atoms with E-state index in [1.807, 2.05) is 6.92 Å². The van der Waals surface area contributed by atoms with Gasteiger partial charge in [-0.1, -0.05) is 0 Å². The normalized spacial score (nSPS) is 15.6. The van der Waals surface area contributed by atoms with E-state index >= 15 is 0 Å². The summed E-state index contributed by atoms with van der Waals surface area (Å²) in [6, 6.07) is 0. The number of aromatic nitrogens is 2. The highest BCUT2D eigenvalue weighted by Crippen LogP contribution is 2.24. The van der Waals surface area contributed by atoms with Crippen LogP contribution in [0.5, 0.6) is 5.88 Å². The molecule has 0 spiro atoms. The maximum absolute atomic E-state index is 5.95. The van der Waals surface area contributed by atoms with E-state index in [0.717, 1.165) is 19.5 Å². The highest BCUT2D eigenvalue weighted by molar-refractivity contribution is 5.66. The van der Waals surface area contributed by atoms with Crippen molar-refractivity contribution in [1.29, 1.82) is 0 Å². The average molecular weight is 265 g/mol. The largest absolute Gasteiger partial charge is 0.476 e. The minimum atomic E-state index is 0.458. The van der Waals surface area contributed by atoms with Crippen LogP contribution < -0.4 is 15.8 Å². The second-order valence-corrected chi connectivity index (χ2v) is 4.70. The summed E-state index contributed by atoms with van der Waals surface area (Å²) in [6.07, 6.45) is 5.24. The minimum Gasteiger partial charge on any atom is -0.476 e. The molecule has 0 saturated carbocycles. The van der Waals surface area contributed by atoms with Gasteiger partial charge >= 0.3 is 0 Å². The fourth-order valence-electron chi connectivity index (χ4n) is 2.29. The van der Waals surface area contributed by atoms with Crippen LogP contribution in [0.2, 0.25) is 0 Å². The van der Waals surface area contributed by atoms with Crippen LogP contribution in [0.1, 0.15) is 26.2 Å². The lowest BCUT2D eigenvalue weighted by Crippen LogP contribution is -2.22. The van der Waals surface area contributed by atoms with Crippen molar-refractivity contribution in [3.8, 4) is 5.88 Å². The Kier molecular flexibility index (Phi) is 5.20. The van der Waals surface area contributed by atoms with Crippen LogP contribution in [0.3, 0.4) is 0 Å². The molecule has 2 rings (SSSR count). The Morgan fingerprint density at radius 1 is 1.37 bits per heavy atom. The summed E-state index contributed by atoms with van der Waals surface area (Å²) in [7, 11) is 0. The monoisotopic (exact) mass is 265 g/mol. The smallest absolute Gasteiger partial charge is 0.242 e. The van der Waals surface area contributed by atoms with Crippen molar-refractivity contribution in [1.82, 2.24) is 14.9 Å². The van der Waals surface area contributed by atoms with E-state index in [2.05, 4.69) is 20.2 Å². The number of rotatable bonds is 7. The third-order valence-electron chi connectivity index (χ3n) is 3.27. The average Bonchev–Trinajstić information content (AvgIpc) is 2.92. The molecule has 0 amide bonds. The minimum absolute atomic E-state index is 0.458. The summed E-state index contributed by atoms with van der Waals surface area (Å²) in [6.45, 7) is 6.94. The Morgan fingerprint density at radius 3 is 2.89 bits per heavy atom. The molecule has 0 radical (unpaired) electrons. The Labute approximate surface area is 114 Å². The highest BCUT2D eigenvalue weighted by Gasteiger charge is 2.11. The predicted molar refractivity (Wildman–Crippen MR) is 76.4 cm³/mol. The van der Waals surface area contributed by atoms with E-state index in [4.69, 9.17) is 10.5 Å². The lowest BCUT2D eigenvalue weighted by Gasteiger charge is -2.15. The van der Waals surface area contributed by atoms with Crippen LogP contribution in [0.15, 0.2) is 6.33 Å². The van der Waals surface area contributed by atoms with Gasteiger partial charge in [-0.25, -0.2) is 4.98 Å². The molecular weight excluding hydrogens is 242 g/mol. The molecule has 1 aromatic rings. The van der Waals surface area contributed by atoms with Gasteiger partial charge in [0.2, 0.25) is 5.88 Å². The van der Waals surface area contributed by atoms with Crippen molar-refractivity contribution >= 4 is 11.5 Å². The van der Waals surface area contributed by atoms with Crippen LogP contribution in [0.25, 0.3) is 0 Å². The topological polar surface area (TPSA) is 76.3 Å². The SMILES string of the molecule is CCOc1ncnc(NCCCN2CCCC2)c1N. The lowest BCUT2D eigenvalue weighted by molar-refractivity contribution is 0.328. The van der Waals surface area contributed by atoms with Crippen molar-refractivity contribution in [3.63, 3.8) is 0 Å². The first-order valence-electron chi connectivity index (χ1n) is 7.00. The quantitative estimate of drug-likeness (QED) is 0.725. The van der Waals surface area contributed by atoms with E-state index < -0.39 is 0 Å². The second-order valence-electron chi connectivity index (χ2n) is 4.70. The zero-order valence-electron chi connectivity index (χ0n) is 11.6. The van der Waals surface area contributed by atoms with Crippen molar-refractivity contribution in [2.45, 2.75) is 26.2 Å². The summed E-state index contributed by atoms with van der Waals surface area (Å²) >= 11 is 0. The van der Waals surface area contributed by atoms with Gasteiger partial charge in [-0.05, 0) is 45.8 Å². The zero-order valence-corrected chi connectivity index (χ0v) is 11.6. The number of nitrogen functional groups attached to an aromatic ring is 1. The fraction of sp³-hybridized carbons (Fsp3) is 0.692. The molecule has 19 heavy (non-hydrogen) atoms. The molecule has 6 nitrogen and oxygen atoms in total. The number of hydrogen-bond donors (Lipinski definition) is 2. The summed E-state index contributed by atoms with van der Waals surface area (Å²) in [5.41, 5.74) is 6.44. The molecule has 6 heteroatoms. The van der Waals surface area contributed by atoms with Crippen LogP contribution >= 0.6 is 0 Å². The van der Waals surface area contributed by atoms with E-state index in [0.29, 0.717) is 24.0 Å². The van der Waals surface area contributed by atoms with Gasteiger partial charge in [-0.15, -0.1) is 0 Å². The van der Waals surface area contributed by atoms with Gasteiger partial charge in [0.05, 0.1) is 6.61 Å². The first kappa shape index (κ1) is 13.9. The van der Waals surface area contributed by atoms with Gasteiger partial charge < -0.3 is 20.7 Å². The van der Waals surface area contributed by atoms with Crippen LogP contribution in [0, 0.1) is 0 Å². The number of hydrogen-bond acceptors (Lipinski definition) is 6. The Balaban J connectivity index is 1.77. The van der Waals surface area contributed by atoms with Crippen LogP contribution in [-0.4, -0.2) is 47.7 Å². The molecule has 1 saturated heterocycles. The third kappa shape index (κ3) is 3.96. The number of ether oxygens (including phenoxy) is 1. The van der Waals surface area contributed by atoms with Crippen LogP contribution in [-0.2, 0) is 0 Å². The molecule has 1 aromatic heterocycles. The van der Waals surface area contributed by atoms with Gasteiger partial charge in [-0.3, -0.25) is 0 Å². The lowest BCUT2D eigenvalue weighted by atomic mass is 10.3. The number of anilines is 2. The summed E-state index contributed by atoms with van der Waals surface area (Å²) in [5.74, 6) is 1.12. The number of nitrogens with one attached hydrogen (secondary N) is 1. The van der Waals surface area contributed by atoms with Crippen molar-refractivity contribution in [2.24, 2.45) is 0 Å². The molecule has 0 aliphatic carbocycles. The number of nitrogens with zero attached hydrogens (tertiary/aromatic N) is 3. The summed E-state index contributed by atoms with van der Waals surface area (Å²) in [5, 5.41) is 3.25. The molecule has 0 bridgehead atoms. The first-order chi connectivity index (χ1) is 9.31. The predicted octanol–water partition coefficient (Wildman–Crippen LogP) is 1.36. The molecule has 0 unspecified atom stereocenters. The van der Waals surface area contributed by atoms with Crippen molar-refractivity contribution in [2.75, 3.05) is 43.8 Å².